The molecule has 0 amide bonds. The maximum atomic E-state index is 11.8. The Hall–Kier alpha value is -2.18. The number of rotatable bonds is 6. The van der Waals surface area contributed by atoms with Gasteiger partial charge in [0, 0.05) is 18.8 Å². The van der Waals surface area contributed by atoms with Crippen LogP contribution < -0.4 is 9.47 Å². The first-order valence-electron chi connectivity index (χ1n) is 12.3. The molecule has 0 bridgehead atoms. The predicted octanol–water partition coefficient (Wildman–Crippen LogP) is 5.89. The molecule has 1 saturated heterocycles. The molecule has 2 fully saturated rings. The van der Waals surface area contributed by atoms with E-state index in [0.29, 0.717) is 19.1 Å². The van der Waals surface area contributed by atoms with Crippen molar-refractivity contribution in [2.75, 3.05) is 19.5 Å². The lowest BCUT2D eigenvalue weighted by molar-refractivity contribution is -0.176. The van der Waals surface area contributed by atoms with Crippen LogP contribution in [-0.4, -0.2) is 37.0 Å². The minimum absolute atomic E-state index is 0.0186. The number of hydrogen-bond acceptors (Lipinski definition) is 6. The average Bonchev–Trinajstić information content (AvgIpc) is 3.67. The van der Waals surface area contributed by atoms with Crippen molar-refractivity contribution in [3.8, 4) is 11.5 Å². The van der Waals surface area contributed by atoms with Crippen molar-refractivity contribution in [1.82, 2.24) is 0 Å². The summed E-state index contributed by atoms with van der Waals surface area (Å²) < 4.78 is 23.9. The molecule has 5 atom stereocenters. The van der Waals surface area contributed by atoms with Gasteiger partial charge in [0.25, 0.3) is 0 Å². The van der Waals surface area contributed by atoms with Gasteiger partial charge in [0.2, 0.25) is 0 Å². The van der Waals surface area contributed by atoms with Crippen LogP contribution in [0.5, 0.6) is 11.5 Å². The molecular weight excluding hydrogens is 448 g/mol. The molecule has 2 heterocycles. The number of carbonyl (C=O) groups is 1. The Balaban J connectivity index is 1.45. The summed E-state index contributed by atoms with van der Waals surface area (Å²) in [6, 6.07) is 13.1. The Labute approximate surface area is 206 Å². The van der Waals surface area contributed by atoms with E-state index in [0.717, 1.165) is 23.5 Å². The van der Waals surface area contributed by atoms with Crippen LogP contribution in [0, 0.1) is 11.8 Å². The van der Waals surface area contributed by atoms with Crippen LogP contribution in [0.15, 0.2) is 36.4 Å². The summed E-state index contributed by atoms with van der Waals surface area (Å²) in [6.07, 6.45) is 5.12. The summed E-state index contributed by atoms with van der Waals surface area (Å²) in [4.78, 5) is 11.8. The van der Waals surface area contributed by atoms with Crippen molar-refractivity contribution >= 4 is 17.7 Å². The third-order valence-electron chi connectivity index (χ3n) is 7.27. The molecule has 5 nitrogen and oxygen atoms in total. The lowest BCUT2D eigenvalue weighted by Crippen LogP contribution is -2.46. The minimum atomic E-state index is -0.229. The van der Waals surface area contributed by atoms with E-state index in [2.05, 4.69) is 50.4 Å². The van der Waals surface area contributed by atoms with Gasteiger partial charge in [-0.25, -0.2) is 0 Å². The van der Waals surface area contributed by atoms with Gasteiger partial charge in [-0.2, -0.15) is 0 Å². The fourth-order valence-corrected chi connectivity index (χ4v) is 6.24. The molecule has 0 unspecified atom stereocenters. The van der Waals surface area contributed by atoms with E-state index in [1.165, 1.54) is 36.5 Å². The molecule has 1 saturated carbocycles. The topological polar surface area (TPSA) is 54.0 Å². The second-order valence-electron chi connectivity index (χ2n) is 9.84. The van der Waals surface area contributed by atoms with E-state index in [9.17, 15) is 4.79 Å². The first kappa shape index (κ1) is 23.6. The third-order valence-corrected chi connectivity index (χ3v) is 8.28. The van der Waals surface area contributed by atoms with E-state index >= 15 is 0 Å². The number of fused-ring (bicyclic) bond motifs is 1. The molecule has 0 aromatic heterocycles. The molecule has 182 valence electrons. The molecule has 0 N–H and O–H groups in total. The number of esters is 1. The molecule has 0 radical (unpaired) electrons. The molecular formula is C28H34O5S. The number of ether oxygens (including phenoxy) is 4. The zero-order valence-electron chi connectivity index (χ0n) is 20.4. The van der Waals surface area contributed by atoms with Crippen LogP contribution in [-0.2, 0) is 20.7 Å². The summed E-state index contributed by atoms with van der Waals surface area (Å²) in [7, 11) is 0. The van der Waals surface area contributed by atoms with Gasteiger partial charge < -0.3 is 18.9 Å². The standard InChI is InChI=1S/C28H34O5S/c1-16-26(32-18(3)29)17(2)28(34-4)33-27(16)21-8-9-23(20-6-7-20)22(15-21)13-19-5-10-24-25(14-19)31-12-11-30-24/h5,8-10,14-17,20,26-28H,6-7,11-13H2,1-4H3/t16-,17+,26-,27-,28-/m1/s1. The Morgan fingerprint density at radius 3 is 2.50 bits per heavy atom. The summed E-state index contributed by atoms with van der Waals surface area (Å²) in [5.74, 6) is 2.28. The van der Waals surface area contributed by atoms with Gasteiger partial charge in [-0.15, -0.1) is 11.8 Å². The molecule has 0 spiro atoms. The van der Waals surface area contributed by atoms with Gasteiger partial charge in [0.1, 0.15) is 24.8 Å². The Kier molecular flexibility index (Phi) is 6.81. The average molecular weight is 483 g/mol. The van der Waals surface area contributed by atoms with Gasteiger partial charge >= 0.3 is 5.97 Å². The smallest absolute Gasteiger partial charge is 0.302 e. The molecule has 34 heavy (non-hydrogen) atoms. The van der Waals surface area contributed by atoms with Crippen molar-refractivity contribution in [2.45, 2.75) is 63.6 Å². The fraction of sp³-hybridized carbons (Fsp3) is 0.536. The van der Waals surface area contributed by atoms with Crippen molar-refractivity contribution in [2.24, 2.45) is 11.8 Å². The van der Waals surface area contributed by atoms with E-state index in [1.807, 2.05) is 6.07 Å². The summed E-state index contributed by atoms with van der Waals surface area (Å²) in [5.41, 5.74) is 5.14. The number of hydrogen-bond donors (Lipinski definition) is 0. The van der Waals surface area contributed by atoms with E-state index in [1.54, 1.807) is 11.8 Å². The number of thioether (sulfide) groups is 1. The Morgan fingerprint density at radius 2 is 1.79 bits per heavy atom. The fourth-order valence-electron chi connectivity index (χ4n) is 5.42. The lowest BCUT2D eigenvalue weighted by atomic mass is 9.82. The van der Waals surface area contributed by atoms with Crippen LogP contribution in [0.1, 0.15) is 67.9 Å². The van der Waals surface area contributed by atoms with Gasteiger partial charge in [-0.05, 0) is 65.8 Å². The van der Waals surface area contributed by atoms with E-state index in [-0.39, 0.29) is 35.4 Å². The monoisotopic (exact) mass is 482 g/mol. The normalized spacial score (nSPS) is 28.4. The highest BCUT2D eigenvalue weighted by atomic mass is 32.2. The molecule has 1 aliphatic carbocycles. The second-order valence-corrected chi connectivity index (χ2v) is 10.8. The number of carbonyl (C=O) groups excluding carboxylic acids is 1. The van der Waals surface area contributed by atoms with Gasteiger partial charge in [0.05, 0.1) is 6.10 Å². The first-order chi connectivity index (χ1) is 16.4. The van der Waals surface area contributed by atoms with Gasteiger partial charge in [-0.3, -0.25) is 4.79 Å². The zero-order chi connectivity index (χ0) is 23.8. The molecule has 2 aliphatic heterocycles. The molecule has 6 heteroatoms. The summed E-state index contributed by atoms with van der Waals surface area (Å²) in [6.45, 7) is 6.94. The third kappa shape index (κ3) is 4.80. The minimum Gasteiger partial charge on any atom is -0.486 e. The Morgan fingerprint density at radius 1 is 1.03 bits per heavy atom. The molecule has 2 aromatic rings. The van der Waals surface area contributed by atoms with Crippen molar-refractivity contribution in [3.63, 3.8) is 0 Å². The van der Waals surface area contributed by atoms with Crippen LogP contribution in [0.4, 0.5) is 0 Å². The number of benzene rings is 2. The van der Waals surface area contributed by atoms with Crippen molar-refractivity contribution in [1.29, 1.82) is 0 Å². The van der Waals surface area contributed by atoms with E-state index in [4.69, 9.17) is 18.9 Å². The molecule has 5 rings (SSSR count). The highest BCUT2D eigenvalue weighted by Gasteiger charge is 2.44. The van der Waals surface area contributed by atoms with Crippen LogP contribution in [0.3, 0.4) is 0 Å². The Bertz CT molecular complexity index is 1050. The quantitative estimate of drug-likeness (QED) is 0.479. The SMILES string of the molecule is CS[C@H]1O[C@@H](c2ccc(C3CC3)c(Cc3ccc4c(c3)OCCO4)c2)[C@H](C)[C@@H](OC(C)=O)[C@@H]1C. The molecule has 2 aromatic carbocycles. The summed E-state index contributed by atoms with van der Waals surface area (Å²) in [5, 5.41) is 0. The molecule has 3 aliphatic rings. The highest BCUT2D eigenvalue weighted by Crippen LogP contribution is 2.46. The second kappa shape index (κ2) is 9.82. The largest absolute Gasteiger partial charge is 0.486 e. The van der Waals surface area contributed by atoms with Crippen molar-refractivity contribution in [3.05, 3.63) is 58.7 Å². The summed E-state index contributed by atoms with van der Waals surface area (Å²) >= 11 is 1.68. The maximum absolute atomic E-state index is 11.8. The van der Waals surface area contributed by atoms with E-state index < -0.39 is 0 Å². The first-order valence-corrected chi connectivity index (χ1v) is 13.6. The predicted molar refractivity (Wildman–Crippen MR) is 134 cm³/mol. The van der Waals surface area contributed by atoms with Crippen LogP contribution in [0.2, 0.25) is 0 Å². The maximum Gasteiger partial charge on any atom is 0.302 e. The van der Waals surface area contributed by atoms with Crippen molar-refractivity contribution < 1.29 is 23.7 Å². The van der Waals surface area contributed by atoms with Gasteiger partial charge in [0.15, 0.2) is 11.5 Å². The lowest BCUT2D eigenvalue weighted by Gasteiger charge is -2.44. The van der Waals surface area contributed by atoms with Crippen LogP contribution in [0.25, 0.3) is 0 Å². The highest BCUT2D eigenvalue weighted by molar-refractivity contribution is 7.99. The van der Waals surface area contributed by atoms with Crippen LogP contribution >= 0.6 is 11.8 Å². The van der Waals surface area contributed by atoms with Gasteiger partial charge in [-0.1, -0.05) is 38.1 Å². The zero-order valence-corrected chi connectivity index (χ0v) is 21.2.